The average molecular weight is 252 g/mol. The number of nitrogens with two attached hydrogens (primary N) is 1. The van der Waals surface area contributed by atoms with Crippen LogP contribution in [0.2, 0.25) is 0 Å². The number of rotatable bonds is 6. The molecule has 0 unspecified atom stereocenters. The molecule has 0 aliphatic rings. The normalized spacial score (nSPS) is 11.3. The molecule has 1 aromatic rings. The number of aromatic nitrogens is 2. The molecule has 0 saturated carbocycles. The molecule has 0 amide bonds. The Kier molecular flexibility index (Phi) is 5.34. The van der Waals surface area contributed by atoms with Gasteiger partial charge >= 0.3 is 0 Å². The van der Waals surface area contributed by atoms with Gasteiger partial charge in [0.1, 0.15) is 17.5 Å². The number of nitrogens with zero attached hydrogens (tertiary/aromatic N) is 2. The van der Waals surface area contributed by atoms with E-state index < -0.39 is 0 Å². The van der Waals surface area contributed by atoms with Gasteiger partial charge in [0.2, 0.25) is 0 Å². The molecule has 3 N–H and O–H groups in total. The average Bonchev–Trinajstić information content (AvgIpc) is 2.28. The smallest absolute Gasteiger partial charge is 0.135 e. The lowest BCUT2D eigenvalue weighted by atomic mass is 10.2. The van der Waals surface area contributed by atoms with Gasteiger partial charge in [0, 0.05) is 18.0 Å². The van der Waals surface area contributed by atoms with Gasteiger partial charge < -0.3 is 15.8 Å². The van der Waals surface area contributed by atoms with E-state index in [1.165, 1.54) is 0 Å². The molecular formula is C13H24N4O. The van der Waals surface area contributed by atoms with E-state index in [1.54, 1.807) is 0 Å². The summed E-state index contributed by atoms with van der Waals surface area (Å²) in [7, 11) is 0. The predicted octanol–water partition coefficient (Wildman–Crippen LogP) is 2.33. The van der Waals surface area contributed by atoms with E-state index in [2.05, 4.69) is 29.1 Å². The topological polar surface area (TPSA) is 73.1 Å². The zero-order valence-electron chi connectivity index (χ0n) is 11.9. The second kappa shape index (κ2) is 6.54. The van der Waals surface area contributed by atoms with Crippen LogP contribution in [0.5, 0.6) is 0 Å². The Bertz CT molecular complexity index is 391. The molecule has 18 heavy (non-hydrogen) atoms. The maximum atomic E-state index is 5.89. The van der Waals surface area contributed by atoms with Crippen LogP contribution in [0.3, 0.4) is 0 Å². The van der Waals surface area contributed by atoms with Crippen molar-refractivity contribution in [3.05, 3.63) is 11.4 Å². The first-order chi connectivity index (χ1) is 8.41. The van der Waals surface area contributed by atoms with Crippen LogP contribution in [0, 0.1) is 6.92 Å². The summed E-state index contributed by atoms with van der Waals surface area (Å²) >= 11 is 0. The summed E-state index contributed by atoms with van der Waals surface area (Å²) in [5.74, 6) is 2.38. The van der Waals surface area contributed by atoms with Crippen molar-refractivity contribution in [2.75, 3.05) is 24.2 Å². The minimum absolute atomic E-state index is 0.245. The molecule has 0 radical (unpaired) electrons. The van der Waals surface area contributed by atoms with Crippen LogP contribution >= 0.6 is 0 Å². The molecule has 0 fully saturated rings. The molecule has 5 heteroatoms. The summed E-state index contributed by atoms with van der Waals surface area (Å²) in [4.78, 5) is 8.78. The van der Waals surface area contributed by atoms with Crippen molar-refractivity contribution in [1.82, 2.24) is 9.97 Å². The van der Waals surface area contributed by atoms with E-state index in [0.717, 1.165) is 17.2 Å². The number of hydrogen-bond donors (Lipinski definition) is 2. The summed E-state index contributed by atoms with van der Waals surface area (Å²) in [5.41, 5.74) is 6.78. The second-order valence-corrected chi connectivity index (χ2v) is 4.94. The summed E-state index contributed by atoms with van der Waals surface area (Å²) < 4.78 is 5.47. The molecule has 1 heterocycles. The van der Waals surface area contributed by atoms with Gasteiger partial charge in [0.05, 0.1) is 12.7 Å². The maximum Gasteiger partial charge on any atom is 0.135 e. The van der Waals surface area contributed by atoms with E-state index >= 15 is 0 Å². The Morgan fingerprint density at radius 1 is 1.22 bits per heavy atom. The van der Waals surface area contributed by atoms with Gasteiger partial charge in [-0.2, -0.15) is 0 Å². The first-order valence-electron chi connectivity index (χ1n) is 6.41. The van der Waals surface area contributed by atoms with Crippen molar-refractivity contribution in [3.63, 3.8) is 0 Å². The number of ether oxygens (including phenoxy) is 1. The number of nitrogen functional groups attached to an aromatic ring is 1. The van der Waals surface area contributed by atoms with Gasteiger partial charge in [-0.05, 0) is 20.8 Å². The molecule has 0 aliphatic carbocycles. The van der Waals surface area contributed by atoms with Crippen molar-refractivity contribution in [1.29, 1.82) is 0 Å². The van der Waals surface area contributed by atoms with E-state index in [1.807, 2.05) is 20.8 Å². The first-order valence-corrected chi connectivity index (χ1v) is 6.41. The zero-order chi connectivity index (χ0) is 13.7. The Labute approximate surface area is 109 Å². The molecule has 0 atom stereocenters. The third-order valence-corrected chi connectivity index (χ3v) is 2.56. The van der Waals surface area contributed by atoms with Gasteiger partial charge in [-0.3, -0.25) is 0 Å². The Balaban J connectivity index is 2.69. The number of nitrogens with one attached hydrogen (secondary N) is 1. The summed E-state index contributed by atoms with van der Waals surface area (Å²) in [5, 5.41) is 3.25. The fraction of sp³-hybridized carbons (Fsp3) is 0.692. The van der Waals surface area contributed by atoms with Crippen molar-refractivity contribution in [2.45, 2.75) is 46.6 Å². The highest BCUT2D eigenvalue weighted by atomic mass is 16.5. The second-order valence-electron chi connectivity index (χ2n) is 4.94. The Hall–Kier alpha value is -1.36. The minimum atomic E-state index is 0.245. The Morgan fingerprint density at radius 3 is 2.44 bits per heavy atom. The highest BCUT2D eigenvalue weighted by Gasteiger charge is 2.10. The molecule has 1 rings (SSSR count). The summed E-state index contributed by atoms with van der Waals surface area (Å²) in [6, 6.07) is 0. The van der Waals surface area contributed by atoms with Crippen LogP contribution in [0.1, 0.15) is 45.0 Å². The third-order valence-electron chi connectivity index (χ3n) is 2.56. The number of hydrogen-bond acceptors (Lipinski definition) is 5. The number of anilines is 2. The summed E-state index contributed by atoms with van der Waals surface area (Å²) in [6.07, 6.45) is 0.245. The SMILES string of the molecule is Cc1c(N)nc(C(C)C)nc1NCCOC(C)C. The fourth-order valence-corrected chi connectivity index (χ4v) is 1.45. The lowest BCUT2D eigenvalue weighted by molar-refractivity contribution is 0.0870. The largest absolute Gasteiger partial charge is 0.383 e. The Morgan fingerprint density at radius 2 is 1.89 bits per heavy atom. The molecule has 102 valence electrons. The lowest BCUT2D eigenvalue weighted by Crippen LogP contribution is -2.16. The first kappa shape index (κ1) is 14.7. The summed E-state index contributed by atoms with van der Waals surface area (Å²) in [6.45, 7) is 11.4. The molecule has 0 saturated heterocycles. The molecule has 5 nitrogen and oxygen atoms in total. The fourth-order valence-electron chi connectivity index (χ4n) is 1.45. The van der Waals surface area contributed by atoms with Crippen molar-refractivity contribution >= 4 is 11.6 Å². The van der Waals surface area contributed by atoms with Crippen LogP contribution in [-0.2, 0) is 4.74 Å². The lowest BCUT2D eigenvalue weighted by Gasteiger charge is -2.14. The monoisotopic (exact) mass is 252 g/mol. The molecule has 0 bridgehead atoms. The standard InChI is InChI=1S/C13H24N4O/c1-8(2)12-16-11(14)10(5)13(17-12)15-6-7-18-9(3)4/h8-9H,6-7H2,1-5H3,(H3,14,15,16,17). The van der Waals surface area contributed by atoms with Gasteiger partial charge in [0.25, 0.3) is 0 Å². The molecule has 1 aromatic heterocycles. The highest BCUT2D eigenvalue weighted by molar-refractivity contribution is 5.54. The molecule has 0 aromatic carbocycles. The molecule has 0 spiro atoms. The van der Waals surface area contributed by atoms with Crippen molar-refractivity contribution in [2.24, 2.45) is 0 Å². The highest BCUT2D eigenvalue weighted by Crippen LogP contribution is 2.20. The quantitative estimate of drug-likeness (QED) is 0.760. The zero-order valence-corrected chi connectivity index (χ0v) is 11.9. The van der Waals surface area contributed by atoms with E-state index in [4.69, 9.17) is 10.5 Å². The van der Waals surface area contributed by atoms with Gasteiger partial charge in [0.15, 0.2) is 0 Å². The van der Waals surface area contributed by atoms with Crippen LogP contribution < -0.4 is 11.1 Å². The van der Waals surface area contributed by atoms with Crippen LogP contribution in [0.15, 0.2) is 0 Å². The molecular weight excluding hydrogens is 228 g/mol. The van der Waals surface area contributed by atoms with Crippen LogP contribution in [0.4, 0.5) is 11.6 Å². The third kappa shape index (κ3) is 4.14. The van der Waals surface area contributed by atoms with E-state index in [0.29, 0.717) is 19.0 Å². The predicted molar refractivity (Wildman–Crippen MR) is 74.8 cm³/mol. The van der Waals surface area contributed by atoms with Crippen LogP contribution in [0.25, 0.3) is 0 Å². The van der Waals surface area contributed by atoms with E-state index in [9.17, 15) is 0 Å². The van der Waals surface area contributed by atoms with Crippen molar-refractivity contribution < 1.29 is 4.74 Å². The van der Waals surface area contributed by atoms with Crippen LogP contribution in [-0.4, -0.2) is 29.2 Å². The van der Waals surface area contributed by atoms with Crippen molar-refractivity contribution in [3.8, 4) is 0 Å². The molecule has 0 aliphatic heterocycles. The van der Waals surface area contributed by atoms with E-state index in [-0.39, 0.29) is 12.0 Å². The van der Waals surface area contributed by atoms with Gasteiger partial charge in [-0.15, -0.1) is 0 Å². The van der Waals surface area contributed by atoms with Gasteiger partial charge in [-0.25, -0.2) is 9.97 Å². The van der Waals surface area contributed by atoms with Gasteiger partial charge in [-0.1, -0.05) is 13.8 Å². The minimum Gasteiger partial charge on any atom is -0.383 e. The maximum absolute atomic E-state index is 5.89.